The maximum absolute atomic E-state index is 12.1. The molecule has 0 bridgehead atoms. The second-order valence-electron chi connectivity index (χ2n) is 5.29. The first-order valence-corrected chi connectivity index (χ1v) is 9.15. The fourth-order valence-electron chi connectivity index (χ4n) is 2.53. The Kier molecular flexibility index (Phi) is 9.02. The third-order valence-corrected chi connectivity index (χ3v) is 3.80. The van der Waals surface area contributed by atoms with E-state index in [1.165, 1.54) is 11.0 Å². The van der Waals surface area contributed by atoms with Gasteiger partial charge in [0.15, 0.2) is 5.11 Å². The van der Waals surface area contributed by atoms with Crippen LogP contribution in [0.25, 0.3) is 0 Å². The van der Waals surface area contributed by atoms with Crippen molar-refractivity contribution in [2.24, 2.45) is 0 Å². The van der Waals surface area contributed by atoms with Gasteiger partial charge in [-0.2, -0.15) is 5.26 Å². The molecule has 0 atom stereocenters. The molecule has 1 aromatic rings. The van der Waals surface area contributed by atoms with E-state index in [1.54, 1.807) is 13.0 Å². The summed E-state index contributed by atoms with van der Waals surface area (Å²) in [4.78, 5) is 24.8. The van der Waals surface area contributed by atoms with Crippen LogP contribution < -0.4 is 15.5 Å². The van der Waals surface area contributed by atoms with Crippen LogP contribution >= 0.6 is 12.2 Å². The highest BCUT2D eigenvalue weighted by atomic mass is 32.1. The van der Waals surface area contributed by atoms with Gasteiger partial charge in [0, 0.05) is 12.5 Å². The lowest BCUT2D eigenvalue weighted by Crippen LogP contribution is -2.34. The number of thiocarbonyl (C=S) groups is 1. The fraction of sp³-hybridized carbons (Fsp3) is 0.444. The van der Waals surface area contributed by atoms with Crippen molar-refractivity contribution in [3.05, 3.63) is 17.7 Å². The minimum atomic E-state index is -0.694. The number of phenolic OH excluding ortho intramolecular Hbond substituents is 1. The van der Waals surface area contributed by atoms with E-state index < -0.39 is 6.09 Å². The average Bonchev–Trinajstić information content (AvgIpc) is 2.77. The first-order chi connectivity index (χ1) is 13.0. The molecular weight excluding hydrogens is 368 g/mol. The number of benzene rings is 1. The molecule has 0 radical (unpaired) electrons. The average molecular weight is 392 g/mol. The molecular formula is C18H24N4O4S. The molecule has 0 fully saturated rings. The highest BCUT2D eigenvalue weighted by molar-refractivity contribution is 7.80. The van der Waals surface area contributed by atoms with Crippen LogP contribution in [0.5, 0.6) is 5.75 Å². The standard InChI is InChI=1S/C16H18N4O4S.C2H6/c1-2-24-16(23)19-15(25)18-11-8-10-4-3-5-14(22)20(7-6-17)12(10)9-13(11)21;1-2/h8-9,21H,2-5,7H2,1H3,(H2,18,19,23,25);1-2H3. The largest absolute Gasteiger partial charge is 0.506 e. The lowest BCUT2D eigenvalue weighted by molar-refractivity contribution is -0.118. The van der Waals surface area contributed by atoms with Gasteiger partial charge >= 0.3 is 6.09 Å². The number of nitriles is 1. The van der Waals surface area contributed by atoms with Crippen molar-refractivity contribution in [2.45, 2.75) is 40.0 Å². The third kappa shape index (κ3) is 6.11. The molecule has 3 N–H and O–H groups in total. The molecule has 9 heteroatoms. The maximum atomic E-state index is 12.1. The van der Waals surface area contributed by atoms with Crippen LogP contribution in [0.4, 0.5) is 16.2 Å². The molecule has 1 aromatic carbocycles. The third-order valence-electron chi connectivity index (χ3n) is 3.59. The van der Waals surface area contributed by atoms with Crippen molar-refractivity contribution in [3.8, 4) is 11.8 Å². The topological polar surface area (TPSA) is 115 Å². The van der Waals surface area contributed by atoms with E-state index in [0.717, 1.165) is 5.56 Å². The minimum Gasteiger partial charge on any atom is -0.506 e. The number of aromatic hydroxyl groups is 1. The maximum Gasteiger partial charge on any atom is 0.413 e. The van der Waals surface area contributed by atoms with Crippen LogP contribution in [-0.2, 0) is 16.0 Å². The van der Waals surface area contributed by atoms with Gasteiger partial charge in [-0.1, -0.05) is 13.8 Å². The molecule has 0 unspecified atom stereocenters. The monoisotopic (exact) mass is 392 g/mol. The van der Waals surface area contributed by atoms with Crippen molar-refractivity contribution < 1.29 is 19.4 Å². The molecule has 1 aliphatic heterocycles. The van der Waals surface area contributed by atoms with Gasteiger partial charge in [0.2, 0.25) is 5.91 Å². The van der Waals surface area contributed by atoms with Gasteiger partial charge in [0.25, 0.3) is 0 Å². The summed E-state index contributed by atoms with van der Waals surface area (Å²) < 4.78 is 4.73. The van der Waals surface area contributed by atoms with Gasteiger partial charge in [0.1, 0.15) is 12.3 Å². The summed E-state index contributed by atoms with van der Waals surface area (Å²) >= 11 is 5.01. The molecule has 146 valence electrons. The van der Waals surface area contributed by atoms with Crippen LogP contribution in [0.1, 0.15) is 39.2 Å². The molecule has 1 aliphatic rings. The molecule has 0 aromatic heterocycles. The van der Waals surface area contributed by atoms with Crippen molar-refractivity contribution in [3.63, 3.8) is 0 Å². The second-order valence-corrected chi connectivity index (χ2v) is 5.70. The number of rotatable bonds is 3. The zero-order chi connectivity index (χ0) is 20.4. The molecule has 2 amide bonds. The minimum absolute atomic E-state index is 0.0210. The zero-order valence-corrected chi connectivity index (χ0v) is 16.5. The smallest absolute Gasteiger partial charge is 0.413 e. The zero-order valence-electron chi connectivity index (χ0n) is 15.7. The SMILES string of the molecule is CC.CCOC(=O)NC(=S)Nc1cc2c(cc1O)N(CC#N)C(=O)CCC2. The number of aryl methyl sites for hydroxylation is 1. The number of amides is 2. The van der Waals surface area contributed by atoms with Crippen LogP contribution in [-0.4, -0.2) is 35.4 Å². The normalized spacial score (nSPS) is 12.5. The van der Waals surface area contributed by atoms with Crippen molar-refractivity contribution in [1.29, 1.82) is 5.26 Å². The van der Waals surface area contributed by atoms with Gasteiger partial charge < -0.3 is 15.2 Å². The Bertz CT molecular complexity index is 746. The van der Waals surface area contributed by atoms with Crippen LogP contribution in [0.15, 0.2) is 12.1 Å². The molecule has 8 nitrogen and oxygen atoms in total. The number of ether oxygens (including phenoxy) is 1. The van der Waals surface area contributed by atoms with E-state index in [1.807, 2.05) is 19.9 Å². The number of fused-ring (bicyclic) bond motifs is 1. The number of hydrogen-bond donors (Lipinski definition) is 3. The van der Waals surface area contributed by atoms with Crippen LogP contribution in [0.3, 0.4) is 0 Å². The summed E-state index contributed by atoms with van der Waals surface area (Å²) in [5, 5.41) is 24.2. The molecule has 0 saturated carbocycles. The summed E-state index contributed by atoms with van der Waals surface area (Å²) in [5.41, 5.74) is 1.61. The van der Waals surface area contributed by atoms with Crippen molar-refractivity contribution in [1.82, 2.24) is 5.32 Å². The number of nitrogens with zero attached hydrogens (tertiary/aromatic N) is 2. The van der Waals surface area contributed by atoms with E-state index in [0.29, 0.717) is 30.6 Å². The quantitative estimate of drug-likeness (QED) is 0.411. The molecule has 27 heavy (non-hydrogen) atoms. The van der Waals surface area contributed by atoms with Gasteiger partial charge in [-0.3, -0.25) is 15.0 Å². The summed E-state index contributed by atoms with van der Waals surface area (Å²) in [6.07, 6.45) is 0.905. The Morgan fingerprint density at radius 2 is 2.11 bits per heavy atom. The van der Waals surface area contributed by atoms with Crippen LogP contribution in [0, 0.1) is 11.3 Å². The molecule has 2 rings (SSSR count). The van der Waals surface area contributed by atoms with E-state index >= 15 is 0 Å². The van der Waals surface area contributed by atoms with Gasteiger partial charge in [-0.05, 0) is 43.6 Å². The number of phenols is 1. The van der Waals surface area contributed by atoms with E-state index in [2.05, 4.69) is 10.6 Å². The van der Waals surface area contributed by atoms with Crippen molar-refractivity contribution >= 4 is 40.7 Å². The first-order valence-electron chi connectivity index (χ1n) is 8.74. The van der Waals surface area contributed by atoms with E-state index in [4.69, 9.17) is 22.2 Å². The van der Waals surface area contributed by atoms with Gasteiger partial charge in [-0.25, -0.2) is 4.79 Å². The number of alkyl carbamates (subject to hydrolysis) is 1. The lowest BCUT2D eigenvalue weighted by Gasteiger charge is -2.21. The lowest BCUT2D eigenvalue weighted by atomic mass is 10.1. The number of carbonyl (C=O) groups is 2. The number of carbonyl (C=O) groups excluding carboxylic acids is 2. The summed E-state index contributed by atoms with van der Waals surface area (Å²) in [6, 6.07) is 5.04. The summed E-state index contributed by atoms with van der Waals surface area (Å²) in [7, 11) is 0. The highest BCUT2D eigenvalue weighted by Gasteiger charge is 2.24. The Balaban J connectivity index is 0.00000176. The number of anilines is 2. The number of hydrogen-bond acceptors (Lipinski definition) is 6. The Morgan fingerprint density at radius 3 is 2.74 bits per heavy atom. The molecule has 1 heterocycles. The Hall–Kier alpha value is -2.86. The molecule has 0 aliphatic carbocycles. The molecule has 0 saturated heterocycles. The van der Waals surface area contributed by atoms with Gasteiger partial charge in [-0.15, -0.1) is 0 Å². The molecule has 0 spiro atoms. The second kappa shape index (κ2) is 11.0. The fourth-order valence-corrected chi connectivity index (χ4v) is 2.72. The predicted molar refractivity (Wildman–Crippen MR) is 107 cm³/mol. The predicted octanol–water partition coefficient (Wildman–Crippen LogP) is 3.05. The Morgan fingerprint density at radius 1 is 1.41 bits per heavy atom. The van der Waals surface area contributed by atoms with Crippen molar-refractivity contribution in [2.75, 3.05) is 23.4 Å². The van der Waals surface area contributed by atoms with E-state index in [-0.39, 0.29) is 29.9 Å². The highest BCUT2D eigenvalue weighted by Crippen LogP contribution is 2.35. The Labute approximate surface area is 164 Å². The number of nitrogens with one attached hydrogen (secondary N) is 2. The van der Waals surface area contributed by atoms with Crippen LogP contribution in [0.2, 0.25) is 0 Å². The van der Waals surface area contributed by atoms with E-state index in [9.17, 15) is 14.7 Å². The van der Waals surface area contributed by atoms with Gasteiger partial charge in [0.05, 0.1) is 24.1 Å². The summed E-state index contributed by atoms with van der Waals surface area (Å²) in [6.45, 7) is 5.80. The first kappa shape index (κ1) is 22.2. The summed E-state index contributed by atoms with van der Waals surface area (Å²) in [5.74, 6) is -0.302.